The molecule has 1 rings (SSSR count). The lowest BCUT2D eigenvalue weighted by molar-refractivity contribution is -0.150. The van der Waals surface area contributed by atoms with E-state index in [9.17, 15) is 14.4 Å². The van der Waals surface area contributed by atoms with Crippen molar-refractivity contribution in [1.29, 1.82) is 0 Å². The van der Waals surface area contributed by atoms with Gasteiger partial charge in [-0.15, -0.1) is 0 Å². The van der Waals surface area contributed by atoms with Crippen LogP contribution in [0.2, 0.25) is 5.02 Å². The molecule has 1 aromatic rings. The molecule has 0 saturated carbocycles. The van der Waals surface area contributed by atoms with Gasteiger partial charge in [0, 0.05) is 10.4 Å². The minimum atomic E-state index is -0.761. The Hall–Kier alpha value is -2.08. The van der Waals surface area contributed by atoms with Crippen LogP contribution in [0.4, 0.5) is 4.79 Å². The van der Waals surface area contributed by atoms with Crippen molar-refractivity contribution in [2.24, 2.45) is 11.1 Å². The Morgan fingerprint density at radius 3 is 2.26 bits per heavy atom. The Morgan fingerprint density at radius 2 is 1.78 bits per heavy atom. The number of urea groups is 1. The van der Waals surface area contributed by atoms with E-state index >= 15 is 0 Å². The highest BCUT2D eigenvalue weighted by molar-refractivity contribution is 6.30. The third-order valence-corrected chi connectivity index (χ3v) is 3.41. The van der Waals surface area contributed by atoms with Crippen LogP contribution in [-0.2, 0) is 14.3 Å². The zero-order valence-corrected chi connectivity index (χ0v) is 14.1. The summed E-state index contributed by atoms with van der Waals surface area (Å²) in [5.74, 6) is -0.784. The zero-order valence-electron chi connectivity index (χ0n) is 13.4. The number of ether oxygens (including phenoxy) is 1. The van der Waals surface area contributed by atoms with Crippen molar-refractivity contribution in [2.75, 3.05) is 6.61 Å². The summed E-state index contributed by atoms with van der Waals surface area (Å²) in [5.41, 5.74) is 5.21. The van der Waals surface area contributed by atoms with E-state index in [1.807, 2.05) is 0 Å². The number of Topliss-reactive ketones (excluding diaryl/α,β-unsaturated/α-hetero) is 1. The van der Waals surface area contributed by atoms with Crippen LogP contribution < -0.4 is 11.1 Å². The fourth-order valence-corrected chi connectivity index (χ4v) is 1.83. The van der Waals surface area contributed by atoms with Crippen LogP contribution in [0.15, 0.2) is 24.3 Å². The number of benzene rings is 1. The van der Waals surface area contributed by atoms with Crippen LogP contribution in [0.1, 0.15) is 38.8 Å². The number of primary amides is 1. The van der Waals surface area contributed by atoms with E-state index in [-0.39, 0.29) is 18.8 Å². The van der Waals surface area contributed by atoms with Crippen molar-refractivity contribution in [3.63, 3.8) is 0 Å². The summed E-state index contributed by atoms with van der Waals surface area (Å²) in [5, 5.41) is 3.01. The Balaban J connectivity index is 2.70. The van der Waals surface area contributed by atoms with Gasteiger partial charge in [0.1, 0.15) is 0 Å². The van der Waals surface area contributed by atoms with Crippen molar-refractivity contribution >= 4 is 29.4 Å². The van der Waals surface area contributed by atoms with E-state index in [0.717, 1.165) is 0 Å². The van der Waals surface area contributed by atoms with Crippen molar-refractivity contribution < 1.29 is 19.1 Å². The molecule has 1 aromatic carbocycles. The molecule has 1 atom stereocenters. The average molecular weight is 341 g/mol. The molecule has 0 spiro atoms. The highest BCUT2D eigenvalue weighted by atomic mass is 35.5. The molecular weight excluding hydrogens is 320 g/mol. The number of amides is 2. The quantitative estimate of drug-likeness (QED) is 0.777. The molecule has 0 bridgehead atoms. The molecule has 23 heavy (non-hydrogen) atoms. The van der Waals surface area contributed by atoms with Crippen molar-refractivity contribution in [1.82, 2.24) is 5.32 Å². The summed E-state index contributed by atoms with van der Waals surface area (Å²) in [6, 6.07) is 5.22. The van der Waals surface area contributed by atoms with Gasteiger partial charge in [0.2, 0.25) is 0 Å². The van der Waals surface area contributed by atoms with E-state index in [2.05, 4.69) is 5.32 Å². The summed E-state index contributed by atoms with van der Waals surface area (Å²) in [7, 11) is 0. The molecular formula is C16H21ClN2O4. The number of halogens is 1. The molecule has 0 heterocycles. The molecule has 0 saturated heterocycles. The van der Waals surface area contributed by atoms with Crippen LogP contribution in [0.3, 0.4) is 0 Å². The molecule has 126 valence electrons. The van der Waals surface area contributed by atoms with Crippen LogP contribution in [0, 0.1) is 5.41 Å². The monoisotopic (exact) mass is 340 g/mol. The first-order valence-corrected chi connectivity index (χ1v) is 7.47. The normalized spacial score (nSPS) is 12.3. The van der Waals surface area contributed by atoms with Crippen LogP contribution >= 0.6 is 11.6 Å². The molecule has 0 fully saturated rings. The highest BCUT2D eigenvalue weighted by Crippen LogP contribution is 2.20. The second-order valence-electron chi connectivity index (χ2n) is 6.15. The Morgan fingerprint density at radius 1 is 1.22 bits per heavy atom. The summed E-state index contributed by atoms with van der Waals surface area (Å²) in [6.07, 6.45) is -0.137. The molecule has 7 heteroatoms. The third-order valence-electron chi connectivity index (χ3n) is 3.16. The minimum absolute atomic E-state index is 0.137. The number of rotatable bonds is 6. The van der Waals surface area contributed by atoms with E-state index < -0.39 is 23.5 Å². The second-order valence-corrected chi connectivity index (χ2v) is 6.59. The van der Waals surface area contributed by atoms with Gasteiger partial charge in [0.05, 0.1) is 12.5 Å². The van der Waals surface area contributed by atoms with Gasteiger partial charge in [-0.1, -0.05) is 44.5 Å². The first kappa shape index (κ1) is 19.0. The second kappa shape index (κ2) is 7.97. The van der Waals surface area contributed by atoms with Gasteiger partial charge in [-0.25, -0.2) is 4.79 Å². The van der Waals surface area contributed by atoms with Gasteiger partial charge in [0.15, 0.2) is 12.4 Å². The molecule has 0 aliphatic carbocycles. The summed E-state index contributed by atoms with van der Waals surface area (Å²) < 4.78 is 4.98. The molecule has 2 amide bonds. The predicted molar refractivity (Wildman–Crippen MR) is 87.0 cm³/mol. The third kappa shape index (κ3) is 6.69. The topological polar surface area (TPSA) is 98.5 Å². The van der Waals surface area contributed by atoms with Gasteiger partial charge < -0.3 is 15.8 Å². The maximum Gasteiger partial charge on any atom is 0.312 e. The average Bonchev–Trinajstić information content (AvgIpc) is 2.43. The first-order valence-electron chi connectivity index (χ1n) is 7.10. The summed E-state index contributed by atoms with van der Waals surface area (Å²) in [6.45, 7) is 4.93. The summed E-state index contributed by atoms with van der Waals surface area (Å²) >= 11 is 5.81. The van der Waals surface area contributed by atoms with E-state index in [0.29, 0.717) is 10.6 Å². The SMILES string of the molecule is CC(C)(C)C(=O)COC(=O)CC(NC(N)=O)c1ccc(Cl)cc1. The van der Waals surface area contributed by atoms with Crippen molar-refractivity contribution in [3.8, 4) is 0 Å². The van der Waals surface area contributed by atoms with E-state index in [4.69, 9.17) is 22.1 Å². The van der Waals surface area contributed by atoms with Crippen molar-refractivity contribution in [3.05, 3.63) is 34.9 Å². The first-order chi connectivity index (χ1) is 10.6. The Kier molecular flexibility index (Phi) is 6.57. The zero-order chi connectivity index (χ0) is 17.6. The maximum absolute atomic E-state index is 11.9. The van der Waals surface area contributed by atoms with Crippen LogP contribution in [0.25, 0.3) is 0 Å². The van der Waals surface area contributed by atoms with Gasteiger partial charge in [-0.05, 0) is 17.7 Å². The van der Waals surface area contributed by atoms with Crippen molar-refractivity contribution in [2.45, 2.75) is 33.2 Å². The van der Waals surface area contributed by atoms with E-state index in [1.165, 1.54) is 0 Å². The Bertz CT molecular complexity index is 579. The number of carbonyl (C=O) groups is 3. The smallest absolute Gasteiger partial charge is 0.312 e. The number of nitrogens with one attached hydrogen (secondary N) is 1. The van der Waals surface area contributed by atoms with Gasteiger partial charge in [-0.3, -0.25) is 9.59 Å². The maximum atomic E-state index is 11.9. The number of nitrogens with two attached hydrogens (primary N) is 1. The molecule has 1 unspecified atom stereocenters. The van der Waals surface area contributed by atoms with Gasteiger partial charge in [0.25, 0.3) is 0 Å². The van der Waals surface area contributed by atoms with Gasteiger partial charge >= 0.3 is 12.0 Å². The number of carbonyl (C=O) groups excluding carboxylic acids is 3. The lowest BCUT2D eigenvalue weighted by Crippen LogP contribution is -2.35. The minimum Gasteiger partial charge on any atom is -0.458 e. The molecule has 3 N–H and O–H groups in total. The lowest BCUT2D eigenvalue weighted by Gasteiger charge is -2.19. The fraction of sp³-hybridized carbons (Fsp3) is 0.438. The predicted octanol–water partition coefficient (Wildman–Crippen LogP) is 2.60. The number of ketones is 1. The highest BCUT2D eigenvalue weighted by Gasteiger charge is 2.24. The van der Waals surface area contributed by atoms with Gasteiger partial charge in [-0.2, -0.15) is 0 Å². The standard InChI is InChI=1S/C16H21ClN2O4/c1-16(2,3)13(20)9-23-14(21)8-12(19-15(18)22)10-4-6-11(17)7-5-10/h4-7,12H,8-9H2,1-3H3,(H3,18,19,22). The Labute approximate surface area is 140 Å². The lowest BCUT2D eigenvalue weighted by atomic mass is 9.91. The number of hydrogen-bond acceptors (Lipinski definition) is 4. The van der Waals surface area contributed by atoms with Crippen LogP contribution in [-0.4, -0.2) is 24.4 Å². The summed E-state index contributed by atoms with van der Waals surface area (Å²) in [4.78, 5) is 34.8. The fourth-order valence-electron chi connectivity index (χ4n) is 1.71. The molecule has 0 aromatic heterocycles. The van der Waals surface area contributed by atoms with E-state index in [1.54, 1.807) is 45.0 Å². The molecule has 0 aliphatic heterocycles. The molecule has 6 nitrogen and oxygen atoms in total. The molecule has 0 radical (unpaired) electrons. The molecule has 0 aliphatic rings. The van der Waals surface area contributed by atoms with Crippen LogP contribution in [0.5, 0.6) is 0 Å². The largest absolute Gasteiger partial charge is 0.458 e. The number of hydrogen-bond donors (Lipinski definition) is 2. The number of esters is 1.